The lowest BCUT2D eigenvalue weighted by Crippen LogP contribution is -2.51. The van der Waals surface area contributed by atoms with Gasteiger partial charge in [-0.2, -0.15) is 0 Å². The lowest BCUT2D eigenvalue weighted by atomic mass is 10.1. The van der Waals surface area contributed by atoms with Gasteiger partial charge in [0, 0.05) is 24.5 Å². The molecular weight excluding hydrogens is 268 g/mol. The maximum atomic E-state index is 12.6. The summed E-state index contributed by atoms with van der Waals surface area (Å²) in [6.07, 6.45) is -0.116. The fourth-order valence-electron chi connectivity index (χ4n) is 2.60. The van der Waals surface area contributed by atoms with Crippen molar-refractivity contribution in [1.82, 2.24) is 4.90 Å². The van der Waals surface area contributed by atoms with E-state index in [-0.39, 0.29) is 18.1 Å². The third-order valence-corrected chi connectivity index (χ3v) is 3.85. The monoisotopic (exact) mass is 288 g/mol. The van der Waals surface area contributed by atoms with Crippen LogP contribution < -0.4 is 5.73 Å². The summed E-state index contributed by atoms with van der Waals surface area (Å²) in [5.74, 6) is 0.277. The van der Waals surface area contributed by atoms with Gasteiger partial charge in [-0.05, 0) is 32.0 Å². The number of carbonyl (C=O) groups excluding carboxylic acids is 1. The van der Waals surface area contributed by atoms with Crippen LogP contribution in [-0.4, -0.2) is 42.6 Å². The molecule has 5 nitrogen and oxygen atoms in total. The van der Waals surface area contributed by atoms with Crippen molar-refractivity contribution in [2.75, 3.05) is 19.7 Å². The molecule has 1 aromatic heterocycles. The van der Waals surface area contributed by atoms with E-state index in [0.717, 1.165) is 16.5 Å². The Balaban J connectivity index is 1.82. The van der Waals surface area contributed by atoms with E-state index in [0.29, 0.717) is 25.5 Å². The summed E-state index contributed by atoms with van der Waals surface area (Å²) in [5, 5.41) is 0.954. The average Bonchev–Trinajstić information content (AvgIpc) is 2.89. The second kappa shape index (κ2) is 5.50. The lowest BCUT2D eigenvalue weighted by Gasteiger charge is -2.34. The molecule has 0 radical (unpaired) electrons. The Hall–Kier alpha value is -1.85. The molecule has 0 saturated carbocycles. The maximum Gasteiger partial charge on any atom is 0.289 e. The number of ether oxygens (including phenoxy) is 1. The smallest absolute Gasteiger partial charge is 0.289 e. The van der Waals surface area contributed by atoms with Gasteiger partial charge in [0.05, 0.1) is 12.7 Å². The zero-order chi connectivity index (χ0) is 15.0. The Morgan fingerprint density at radius 3 is 3.00 bits per heavy atom. The van der Waals surface area contributed by atoms with E-state index >= 15 is 0 Å². The SMILES string of the molecule is Cc1ccc2oc(C(=O)N3CCOC(C(C)N)C3)cc2c1. The van der Waals surface area contributed by atoms with Crippen LogP contribution in [0.25, 0.3) is 11.0 Å². The van der Waals surface area contributed by atoms with Crippen molar-refractivity contribution in [3.05, 3.63) is 35.6 Å². The third kappa shape index (κ3) is 2.80. The molecule has 2 heterocycles. The van der Waals surface area contributed by atoms with Gasteiger partial charge in [-0.25, -0.2) is 0 Å². The third-order valence-electron chi connectivity index (χ3n) is 3.85. The number of furan rings is 1. The molecule has 2 unspecified atom stereocenters. The summed E-state index contributed by atoms with van der Waals surface area (Å²) < 4.78 is 11.3. The van der Waals surface area contributed by atoms with Crippen LogP contribution in [-0.2, 0) is 4.74 Å². The highest BCUT2D eigenvalue weighted by Gasteiger charge is 2.28. The van der Waals surface area contributed by atoms with Crippen LogP contribution in [0.4, 0.5) is 0 Å². The molecule has 2 atom stereocenters. The summed E-state index contributed by atoms with van der Waals surface area (Å²) in [6, 6.07) is 7.59. The molecule has 112 valence electrons. The van der Waals surface area contributed by atoms with Crippen molar-refractivity contribution < 1.29 is 13.9 Å². The molecule has 1 fully saturated rings. The van der Waals surface area contributed by atoms with Gasteiger partial charge in [-0.15, -0.1) is 0 Å². The van der Waals surface area contributed by atoms with E-state index < -0.39 is 0 Å². The number of aryl methyl sites for hydroxylation is 1. The van der Waals surface area contributed by atoms with E-state index in [1.165, 1.54) is 0 Å². The van der Waals surface area contributed by atoms with Gasteiger partial charge in [0.1, 0.15) is 5.58 Å². The van der Waals surface area contributed by atoms with Crippen LogP contribution in [0.5, 0.6) is 0 Å². The molecule has 3 rings (SSSR count). The van der Waals surface area contributed by atoms with Crippen molar-refractivity contribution in [2.45, 2.75) is 26.0 Å². The molecule has 0 spiro atoms. The predicted octanol–water partition coefficient (Wildman–Crippen LogP) is 1.93. The first-order valence-electron chi connectivity index (χ1n) is 7.21. The quantitative estimate of drug-likeness (QED) is 0.916. The molecule has 21 heavy (non-hydrogen) atoms. The van der Waals surface area contributed by atoms with Crippen molar-refractivity contribution in [2.24, 2.45) is 5.73 Å². The number of amides is 1. The van der Waals surface area contributed by atoms with E-state index in [1.807, 2.05) is 32.0 Å². The van der Waals surface area contributed by atoms with Crippen molar-refractivity contribution in [1.29, 1.82) is 0 Å². The molecule has 1 saturated heterocycles. The minimum Gasteiger partial charge on any atom is -0.451 e. The van der Waals surface area contributed by atoms with Crippen molar-refractivity contribution in [3.8, 4) is 0 Å². The summed E-state index contributed by atoms with van der Waals surface area (Å²) >= 11 is 0. The molecule has 1 aromatic carbocycles. The number of benzene rings is 1. The minimum atomic E-state index is -0.116. The first-order chi connectivity index (χ1) is 10.0. The second-order valence-electron chi connectivity index (χ2n) is 5.67. The Bertz CT molecular complexity index is 663. The zero-order valence-electron chi connectivity index (χ0n) is 12.3. The molecule has 2 N–H and O–H groups in total. The average molecular weight is 288 g/mol. The van der Waals surface area contributed by atoms with Gasteiger partial charge in [0.25, 0.3) is 5.91 Å². The lowest BCUT2D eigenvalue weighted by molar-refractivity contribution is -0.0307. The first kappa shape index (κ1) is 14.1. The van der Waals surface area contributed by atoms with Crippen molar-refractivity contribution in [3.63, 3.8) is 0 Å². The van der Waals surface area contributed by atoms with Crippen LogP contribution in [0.15, 0.2) is 28.7 Å². The molecule has 1 aliphatic rings. The van der Waals surface area contributed by atoms with Crippen LogP contribution in [0, 0.1) is 6.92 Å². The van der Waals surface area contributed by atoms with E-state index in [4.69, 9.17) is 14.9 Å². The van der Waals surface area contributed by atoms with Crippen LogP contribution in [0.3, 0.4) is 0 Å². The molecule has 0 aliphatic carbocycles. The highest BCUT2D eigenvalue weighted by atomic mass is 16.5. The molecule has 1 amide bonds. The summed E-state index contributed by atoms with van der Waals surface area (Å²) in [5.41, 5.74) is 7.74. The van der Waals surface area contributed by atoms with E-state index in [9.17, 15) is 4.79 Å². The molecular formula is C16H20N2O3. The largest absolute Gasteiger partial charge is 0.451 e. The number of carbonyl (C=O) groups is 1. The zero-order valence-corrected chi connectivity index (χ0v) is 12.3. The number of hydrogen-bond acceptors (Lipinski definition) is 4. The number of hydrogen-bond donors (Lipinski definition) is 1. The summed E-state index contributed by atoms with van der Waals surface area (Å²) in [4.78, 5) is 14.3. The molecule has 5 heteroatoms. The second-order valence-corrected chi connectivity index (χ2v) is 5.67. The minimum absolute atomic E-state index is 0.0982. The number of morpholine rings is 1. The number of rotatable bonds is 2. The van der Waals surface area contributed by atoms with Crippen LogP contribution in [0.1, 0.15) is 23.0 Å². The fraction of sp³-hybridized carbons (Fsp3) is 0.438. The van der Waals surface area contributed by atoms with Gasteiger partial charge < -0.3 is 19.8 Å². The highest BCUT2D eigenvalue weighted by molar-refractivity contribution is 5.96. The molecule has 1 aliphatic heterocycles. The van der Waals surface area contributed by atoms with E-state index in [2.05, 4.69) is 0 Å². The highest BCUT2D eigenvalue weighted by Crippen LogP contribution is 2.22. The number of fused-ring (bicyclic) bond motifs is 1. The fourth-order valence-corrected chi connectivity index (χ4v) is 2.60. The van der Waals surface area contributed by atoms with Gasteiger partial charge in [-0.3, -0.25) is 4.79 Å². The number of nitrogens with zero attached hydrogens (tertiary/aromatic N) is 1. The first-order valence-corrected chi connectivity index (χ1v) is 7.21. The molecule has 2 aromatic rings. The Morgan fingerprint density at radius 1 is 1.43 bits per heavy atom. The Kier molecular flexibility index (Phi) is 3.69. The molecule has 0 bridgehead atoms. The van der Waals surface area contributed by atoms with Gasteiger partial charge >= 0.3 is 0 Å². The number of nitrogens with two attached hydrogens (primary N) is 1. The standard InChI is InChI=1S/C16H20N2O3/c1-10-3-4-13-12(7-10)8-14(21-13)16(19)18-5-6-20-15(9-18)11(2)17/h3-4,7-8,11,15H,5-6,9,17H2,1-2H3. The van der Waals surface area contributed by atoms with Gasteiger partial charge in [0.2, 0.25) is 0 Å². The summed E-state index contributed by atoms with van der Waals surface area (Å²) in [7, 11) is 0. The van der Waals surface area contributed by atoms with Crippen molar-refractivity contribution >= 4 is 16.9 Å². The topological polar surface area (TPSA) is 68.7 Å². The Morgan fingerprint density at radius 2 is 2.24 bits per heavy atom. The van der Waals surface area contributed by atoms with Gasteiger partial charge in [-0.1, -0.05) is 11.6 Å². The maximum absolute atomic E-state index is 12.6. The van der Waals surface area contributed by atoms with Crippen LogP contribution in [0.2, 0.25) is 0 Å². The summed E-state index contributed by atoms with van der Waals surface area (Å²) in [6.45, 7) is 5.49. The Labute approximate surface area is 123 Å². The normalized spacial score (nSPS) is 20.7. The van der Waals surface area contributed by atoms with Crippen LogP contribution >= 0.6 is 0 Å². The van der Waals surface area contributed by atoms with Gasteiger partial charge in [0.15, 0.2) is 5.76 Å². The van der Waals surface area contributed by atoms with E-state index in [1.54, 1.807) is 11.0 Å². The predicted molar refractivity (Wildman–Crippen MR) is 80.2 cm³/mol.